The van der Waals surface area contributed by atoms with E-state index in [2.05, 4.69) is 43.6 Å². The minimum atomic E-state index is -0.241. The lowest BCUT2D eigenvalue weighted by atomic mass is 10.2. The van der Waals surface area contributed by atoms with Crippen molar-refractivity contribution in [2.24, 2.45) is 0 Å². The maximum atomic E-state index is 13.2. The molecule has 1 aromatic heterocycles. The summed E-state index contributed by atoms with van der Waals surface area (Å²) in [4.78, 5) is 0. The molecule has 0 aliphatic carbocycles. The molecular formula is C10H7BrFIN2. The quantitative estimate of drug-likeness (QED) is 0.730. The molecule has 78 valence electrons. The van der Waals surface area contributed by atoms with E-state index in [0.29, 0.717) is 11.0 Å². The van der Waals surface area contributed by atoms with Gasteiger partial charge in [0.1, 0.15) is 9.52 Å². The van der Waals surface area contributed by atoms with Crippen LogP contribution in [0.4, 0.5) is 4.39 Å². The second-order valence-corrected chi connectivity index (χ2v) is 4.95. The van der Waals surface area contributed by atoms with E-state index in [4.69, 9.17) is 0 Å². The van der Waals surface area contributed by atoms with E-state index in [1.807, 2.05) is 18.3 Å². The van der Waals surface area contributed by atoms with Crippen LogP contribution in [-0.2, 0) is 6.54 Å². The number of aromatic nitrogens is 2. The summed E-state index contributed by atoms with van der Waals surface area (Å²) in [6.07, 6.45) is 1.87. The van der Waals surface area contributed by atoms with Crippen LogP contribution in [0.2, 0.25) is 0 Å². The lowest BCUT2D eigenvalue weighted by Gasteiger charge is -2.05. The summed E-state index contributed by atoms with van der Waals surface area (Å²) in [6.45, 7) is 0.571. The highest BCUT2D eigenvalue weighted by atomic mass is 127. The minimum absolute atomic E-state index is 0.241. The third kappa shape index (κ3) is 2.57. The largest absolute Gasteiger partial charge is 0.267 e. The molecule has 1 heterocycles. The Morgan fingerprint density at radius 2 is 2.20 bits per heavy atom. The van der Waals surface area contributed by atoms with E-state index in [9.17, 15) is 4.39 Å². The fourth-order valence-corrected chi connectivity index (χ4v) is 2.10. The first-order chi connectivity index (χ1) is 7.16. The Morgan fingerprint density at radius 3 is 2.87 bits per heavy atom. The van der Waals surface area contributed by atoms with Gasteiger partial charge in [-0.3, -0.25) is 4.68 Å². The van der Waals surface area contributed by atoms with E-state index in [1.54, 1.807) is 10.7 Å². The predicted molar refractivity (Wildman–Crippen MR) is 68.1 cm³/mol. The van der Waals surface area contributed by atoms with E-state index in [1.165, 1.54) is 6.07 Å². The van der Waals surface area contributed by atoms with Crippen molar-refractivity contribution < 1.29 is 4.39 Å². The van der Waals surface area contributed by atoms with Crippen LogP contribution in [0.25, 0.3) is 0 Å². The molecule has 2 aromatic rings. The number of hydrogen-bond donors (Lipinski definition) is 0. The van der Waals surface area contributed by atoms with Crippen LogP contribution in [0.1, 0.15) is 5.56 Å². The Hall–Kier alpha value is -0.430. The first kappa shape index (κ1) is 11.1. The Balaban J connectivity index is 2.28. The zero-order valence-corrected chi connectivity index (χ0v) is 11.4. The van der Waals surface area contributed by atoms with Crippen molar-refractivity contribution in [2.75, 3.05) is 0 Å². The monoisotopic (exact) mass is 380 g/mol. The fourth-order valence-electron chi connectivity index (χ4n) is 1.27. The van der Waals surface area contributed by atoms with Crippen molar-refractivity contribution in [3.63, 3.8) is 0 Å². The smallest absolute Gasteiger partial charge is 0.137 e. The van der Waals surface area contributed by atoms with Gasteiger partial charge in [-0.1, -0.05) is 12.1 Å². The second kappa shape index (κ2) is 4.61. The Kier molecular flexibility index (Phi) is 3.40. The molecule has 15 heavy (non-hydrogen) atoms. The van der Waals surface area contributed by atoms with Gasteiger partial charge in [0.15, 0.2) is 0 Å². The van der Waals surface area contributed by atoms with Crippen LogP contribution in [0, 0.1) is 9.52 Å². The first-order valence-electron chi connectivity index (χ1n) is 4.28. The number of halogens is 3. The highest BCUT2D eigenvalue weighted by molar-refractivity contribution is 14.1. The molecule has 2 nitrogen and oxygen atoms in total. The minimum Gasteiger partial charge on any atom is -0.267 e. The van der Waals surface area contributed by atoms with E-state index in [-0.39, 0.29) is 5.82 Å². The van der Waals surface area contributed by atoms with Crippen molar-refractivity contribution in [2.45, 2.75) is 6.54 Å². The second-order valence-electron chi connectivity index (χ2n) is 3.05. The number of nitrogens with zero attached hydrogens (tertiary/aromatic N) is 2. The summed E-state index contributed by atoms with van der Waals surface area (Å²) in [7, 11) is 0. The molecule has 0 aliphatic heterocycles. The van der Waals surface area contributed by atoms with Gasteiger partial charge in [-0.25, -0.2) is 4.39 Å². The molecule has 0 radical (unpaired) electrons. The normalized spacial score (nSPS) is 10.6. The van der Waals surface area contributed by atoms with Crippen LogP contribution in [0.5, 0.6) is 0 Å². The first-order valence-corrected chi connectivity index (χ1v) is 6.16. The molecule has 0 aliphatic rings. The predicted octanol–water partition coefficient (Wildman–Crippen LogP) is 3.44. The fraction of sp³-hybridized carbons (Fsp3) is 0.100. The highest BCUT2D eigenvalue weighted by Gasteiger charge is 2.05. The lowest BCUT2D eigenvalue weighted by Crippen LogP contribution is -2.02. The molecule has 0 saturated carbocycles. The number of rotatable bonds is 2. The summed E-state index contributed by atoms with van der Waals surface area (Å²) in [5, 5.41) is 4.24. The van der Waals surface area contributed by atoms with E-state index < -0.39 is 0 Å². The zero-order chi connectivity index (χ0) is 10.8. The van der Waals surface area contributed by atoms with Crippen LogP contribution in [-0.4, -0.2) is 9.78 Å². The molecule has 0 saturated heterocycles. The third-order valence-corrected chi connectivity index (χ3v) is 3.44. The molecule has 1 aromatic carbocycles. The van der Waals surface area contributed by atoms with E-state index >= 15 is 0 Å². The summed E-state index contributed by atoms with van der Waals surface area (Å²) in [5.74, 6) is -0.241. The Morgan fingerprint density at radius 1 is 1.40 bits per heavy atom. The van der Waals surface area contributed by atoms with Gasteiger partial charge in [-0.05, 0) is 56.2 Å². The average molecular weight is 381 g/mol. The summed E-state index contributed by atoms with van der Waals surface area (Å²) >= 11 is 5.37. The molecule has 0 atom stereocenters. The molecule has 0 fully saturated rings. The lowest BCUT2D eigenvalue weighted by molar-refractivity contribution is 0.610. The van der Waals surface area contributed by atoms with Crippen LogP contribution < -0.4 is 0 Å². The van der Waals surface area contributed by atoms with Gasteiger partial charge in [0.05, 0.1) is 11.0 Å². The summed E-state index contributed by atoms with van der Waals surface area (Å²) in [5.41, 5.74) is 0.884. The topological polar surface area (TPSA) is 17.8 Å². The van der Waals surface area contributed by atoms with Gasteiger partial charge in [0.25, 0.3) is 0 Å². The van der Waals surface area contributed by atoms with Gasteiger partial charge in [0.2, 0.25) is 0 Å². The van der Waals surface area contributed by atoms with Crippen molar-refractivity contribution in [1.29, 1.82) is 0 Å². The van der Waals surface area contributed by atoms with E-state index in [0.717, 1.165) is 9.26 Å². The van der Waals surface area contributed by atoms with Gasteiger partial charge in [-0.2, -0.15) is 5.10 Å². The zero-order valence-electron chi connectivity index (χ0n) is 7.62. The number of benzene rings is 1. The van der Waals surface area contributed by atoms with Crippen LogP contribution in [0.15, 0.2) is 34.9 Å². The van der Waals surface area contributed by atoms with Gasteiger partial charge < -0.3 is 0 Å². The van der Waals surface area contributed by atoms with Gasteiger partial charge in [0, 0.05) is 6.20 Å². The van der Waals surface area contributed by atoms with Crippen molar-refractivity contribution >= 4 is 38.5 Å². The molecule has 2 rings (SSSR count). The Bertz CT molecular complexity index is 484. The molecule has 0 bridgehead atoms. The van der Waals surface area contributed by atoms with Crippen LogP contribution in [0.3, 0.4) is 0 Å². The highest BCUT2D eigenvalue weighted by Crippen LogP contribution is 2.21. The van der Waals surface area contributed by atoms with Crippen molar-refractivity contribution in [3.8, 4) is 0 Å². The molecular weight excluding hydrogens is 374 g/mol. The molecule has 0 spiro atoms. The Labute approximate surface area is 109 Å². The SMILES string of the molecule is Fc1cccc(Cn2ccc(I)n2)c1Br. The molecule has 0 N–H and O–H groups in total. The maximum absolute atomic E-state index is 13.2. The molecule has 0 amide bonds. The van der Waals surface area contributed by atoms with Crippen molar-refractivity contribution in [3.05, 3.63) is 50.0 Å². The summed E-state index contributed by atoms with van der Waals surface area (Å²) < 4.78 is 16.4. The molecule has 0 unspecified atom stereocenters. The standard InChI is InChI=1S/C10H7BrFIN2/c11-10-7(2-1-3-8(10)12)6-15-5-4-9(13)14-15/h1-5H,6H2. The van der Waals surface area contributed by atoms with Gasteiger partial charge >= 0.3 is 0 Å². The average Bonchev–Trinajstić information content (AvgIpc) is 2.59. The third-order valence-electron chi connectivity index (χ3n) is 1.97. The van der Waals surface area contributed by atoms with Crippen LogP contribution >= 0.6 is 38.5 Å². The number of hydrogen-bond acceptors (Lipinski definition) is 1. The molecule has 5 heteroatoms. The summed E-state index contributed by atoms with van der Waals surface area (Å²) in [6, 6.07) is 6.92. The van der Waals surface area contributed by atoms with Gasteiger partial charge in [-0.15, -0.1) is 0 Å². The maximum Gasteiger partial charge on any atom is 0.137 e. The van der Waals surface area contributed by atoms with Crippen molar-refractivity contribution in [1.82, 2.24) is 9.78 Å².